The molecule has 0 aromatic carbocycles. The SMILES string of the molecule is Cc1csc(NC(=O)CSc2ncnc3ccsc23)n1. The van der Waals surface area contributed by atoms with Crippen molar-refractivity contribution in [2.24, 2.45) is 0 Å². The molecule has 102 valence electrons. The number of thiophene rings is 1. The van der Waals surface area contributed by atoms with Gasteiger partial charge in [0.15, 0.2) is 5.13 Å². The highest BCUT2D eigenvalue weighted by Crippen LogP contribution is 2.28. The number of fused-ring (bicyclic) bond motifs is 1. The zero-order valence-electron chi connectivity index (χ0n) is 10.5. The maximum atomic E-state index is 11.9. The summed E-state index contributed by atoms with van der Waals surface area (Å²) in [5, 5.41) is 8.14. The number of amides is 1. The fourth-order valence-electron chi connectivity index (χ4n) is 1.57. The number of aromatic nitrogens is 3. The van der Waals surface area contributed by atoms with Gasteiger partial charge in [-0.15, -0.1) is 22.7 Å². The number of rotatable bonds is 4. The molecule has 0 aliphatic rings. The van der Waals surface area contributed by atoms with Gasteiger partial charge < -0.3 is 5.32 Å². The van der Waals surface area contributed by atoms with Gasteiger partial charge in [0.2, 0.25) is 5.91 Å². The van der Waals surface area contributed by atoms with E-state index in [4.69, 9.17) is 0 Å². The van der Waals surface area contributed by atoms with Crippen LogP contribution in [0.25, 0.3) is 10.2 Å². The first-order chi connectivity index (χ1) is 9.72. The highest BCUT2D eigenvalue weighted by molar-refractivity contribution is 8.00. The number of carbonyl (C=O) groups excluding carboxylic acids is 1. The Morgan fingerprint density at radius 1 is 1.40 bits per heavy atom. The molecule has 1 N–H and O–H groups in total. The van der Waals surface area contributed by atoms with E-state index in [-0.39, 0.29) is 5.91 Å². The van der Waals surface area contributed by atoms with Gasteiger partial charge in [0.1, 0.15) is 11.4 Å². The lowest BCUT2D eigenvalue weighted by molar-refractivity contribution is -0.113. The number of nitrogens with zero attached hydrogens (tertiary/aromatic N) is 3. The first-order valence-corrected chi connectivity index (χ1v) is 8.50. The van der Waals surface area contributed by atoms with Crippen molar-refractivity contribution in [2.45, 2.75) is 11.9 Å². The maximum absolute atomic E-state index is 11.9. The number of thiazole rings is 1. The predicted molar refractivity (Wildman–Crippen MR) is 83.6 cm³/mol. The van der Waals surface area contributed by atoms with E-state index < -0.39 is 0 Å². The molecule has 0 bridgehead atoms. The molecule has 0 aliphatic carbocycles. The molecule has 1 amide bonds. The van der Waals surface area contributed by atoms with Gasteiger partial charge in [-0.1, -0.05) is 11.8 Å². The molecule has 0 spiro atoms. The summed E-state index contributed by atoms with van der Waals surface area (Å²) >= 11 is 4.43. The molecule has 0 saturated heterocycles. The minimum absolute atomic E-state index is 0.0762. The van der Waals surface area contributed by atoms with Gasteiger partial charge in [0.25, 0.3) is 0 Å². The summed E-state index contributed by atoms with van der Waals surface area (Å²) in [6, 6.07) is 1.95. The standard InChI is InChI=1S/C12H10N4OS3/c1-7-4-20-12(15-7)16-9(17)5-19-11-10-8(2-3-18-10)13-6-14-11/h2-4,6H,5H2,1H3,(H,15,16,17). The predicted octanol–water partition coefficient (Wildman–Crippen LogP) is 3.19. The zero-order valence-corrected chi connectivity index (χ0v) is 12.9. The van der Waals surface area contributed by atoms with Gasteiger partial charge in [0.05, 0.1) is 21.7 Å². The topological polar surface area (TPSA) is 67.8 Å². The smallest absolute Gasteiger partial charge is 0.236 e. The van der Waals surface area contributed by atoms with Crippen molar-refractivity contribution in [2.75, 3.05) is 11.1 Å². The third-order valence-corrected chi connectivity index (χ3v) is 5.32. The van der Waals surface area contributed by atoms with Crippen LogP contribution in [0, 0.1) is 6.92 Å². The van der Waals surface area contributed by atoms with Crippen LogP contribution in [0.1, 0.15) is 5.69 Å². The summed E-state index contributed by atoms with van der Waals surface area (Å²) in [7, 11) is 0. The number of anilines is 1. The molecule has 3 rings (SSSR count). The van der Waals surface area contributed by atoms with Crippen LogP contribution in [0.5, 0.6) is 0 Å². The maximum Gasteiger partial charge on any atom is 0.236 e. The fraction of sp³-hybridized carbons (Fsp3) is 0.167. The Morgan fingerprint density at radius 2 is 2.30 bits per heavy atom. The van der Waals surface area contributed by atoms with Gasteiger partial charge >= 0.3 is 0 Å². The van der Waals surface area contributed by atoms with Crippen LogP contribution in [-0.2, 0) is 4.79 Å². The number of aryl methyl sites for hydroxylation is 1. The molecule has 3 aromatic heterocycles. The minimum atomic E-state index is -0.0762. The monoisotopic (exact) mass is 322 g/mol. The van der Waals surface area contributed by atoms with Crippen LogP contribution in [0.15, 0.2) is 28.2 Å². The third-order valence-electron chi connectivity index (χ3n) is 2.42. The van der Waals surface area contributed by atoms with Crippen LogP contribution in [0.4, 0.5) is 5.13 Å². The van der Waals surface area contributed by atoms with Gasteiger partial charge in [-0.2, -0.15) is 0 Å². The Kier molecular flexibility index (Phi) is 3.95. The molecule has 0 saturated carbocycles. The molecule has 3 heterocycles. The van der Waals surface area contributed by atoms with Gasteiger partial charge in [0, 0.05) is 5.38 Å². The molecule has 0 radical (unpaired) electrons. The summed E-state index contributed by atoms with van der Waals surface area (Å²) in [6.07, 6.45) is 1.53. The summed E-state index contributed by atoms with van der Waals surface area (Å²) < 4.78 is 1.02. The van der Waals surface area contributed by atoms with Gasteiger partial charge in [-0.05, 0) is 18.4 Å². The Bertz CT molecular complexity index is 752. The van der Waals surface area contributed by atoms with Crippen LogP contribution < -0.4 is 5.32 Å². The number of nitrogens with one attached hydrogen (secondary N) is 1. The largest absolute Gasteiger partial charge is 0.301 e. The Hall–Kier alpha value is -1.51. The quantitative estimate of drug-likeness (QED) is 0.590. The minimum Gasteiger partial charge on any atom is -0.301 e. The molecule has 0 aliphatic heterocycles. The first-order valence-electron chi connectivity index (χ1n) is 5.75. The van der Waals surface area contributed by atoms with Gasteiger partial charge in [-0.25, -0.2) is 15.0 Å². The van der Waals surface area contributed by atoms with E-state index in [1.165, 1.54) is 29.4 Å². The van der Waals surface area contributed by atoms with Crippen LogP contribution >= 0.6 is 34.4 Å². The lowest BCUT2D eigenvalue weighted by Gasteiger charge is -2.02. The molecule has 0 atom stereocenters. The van der Waals surface area contributed by atoms with E-state index in [0.29, 0.717) is 10.9 Å². The van der Waals surface area contributed by atoms with Crippen molar-refractivity contribution in [3.05, 3.63) is 28.8 Å². The number of hydrogen-bond acceptors (Lipinski definition) is 7. The Labute approximate surface area is 127 Å². The molecule has 5 nitrogen and oxygen atoms in total. The van der Waals surface area contributed by atoms with E-state index in [2.05, 4.69) is 20.3 Å². The summed E-state index contributed by atoms with van der Waals surface area (Å²) in [5.41, 5.74) is 1.83. The van der Waals surface area contributed by atoms with E-state index in [9.17, 15) is 4.79 Å². The van der Waals surface area contributed by atoms with E-state index in [1.807, 2.05) is 23.8 Å². The second-order valence-electron chi connectivity index (χ2n) is 3.94. The highest BCUT2D eigenvalue weighted by atomic mass is 32.2. The molecular weight excluding hydrogens is 312 g/mol. The Morgan fingerprint density at radius 3 is 3.10 bits per heavy atom. The van der Waals surface area contributed by atoms with Crippen molar-refractivity contribution < 1.29 is 4.79 Å². The van der Waals surface area contributed by atoms with Crippen molar-refractivity contribution >= 4 is 55.7 Å². The lowest BCUT2D eigenvalue weighted by atomic mass is 10.5. The lowest BCUT2D eigenvalue weighted by Crippen LogP contribution is -2.13. The van der Waals surface area contributed by atoms with Crippen LogP contribution in [-0.4, -0.2) is 26.6 Å². The fourth-order valence-corrected chi connectivity index (χ4v) is 4.02. The molecule has 0 unspecified atom stereocenters. The summed E-state index contributed by atoms with van der Waals surface area (Å²) in [5.74, 6) is 0.232. The average Bonchev–Trinajstić information content (AvgIpc) is 3.05. The average molecular weight is 322 g/mol. The molecule has 8 heteroatoms. The van der Waals surface area contributed by atoms with Crippen molar-refractivity contribution in [3.8, 4) is 0 Å². The first kappa shape index (κ1) is 13.5. The number of hydrogen-bond donors (Lipinski definition) is 1. The van der Waals surface area contributed by atoms with Crippen molar-refractivity contribution in [3.63, 3.8) is 0 Å². The molecule has 20 heavy (non-hydrogen) atoms. The van der Waals surface area contributed by atoms with Crippen molar-refractivity contribution in [1.82, 2.24) is 15.0 Å². The van der Waals surface area contributed by atoms with E-state index in [1.54, 1.807) is 11.3 Å². The number of thioether (sulfide) groups is 1. The van der Waals surface area contributed by atoms with E-state index >= 15 is 0 Å². The Balaban J connectivity index is 1.64. The van der Waals surface area contributed by atoms with Gasteiger partial charge in [-0.3, -0.25) is 4.79 Å². The van der Waals surface area contributed by atoms with Crippen LogP contribution in [0.2, 0.25) is 0 Å². The second-order valence-corrected chi connectivity index (χ2v) is 6.68. The summed E-state index contributed by atoms with van der Waals surface area (Å²) in [6.45, 7) is 1.90. The second kappa shape index (κ2) is 5.86. The van der Waals surface area contributed by atoms with E-state index in [0.717, 1.165) is 20.9 Å². The number of carbonyl (C=O) groups is 1. The van der Waals surface area contributed by atoms with Crippen LogP contribution in [0.3, 0.4) is 0 Å². The highest BCUT2D eigenvalue weighted by Gasteiger charge is 2.10. The molecular formula is C12H10N4OS3. The van der Waals surface area contributed by atoms with Crippen molar-refractivity contribution in [1.29, 1.82) is 0 Å². The summed E-state index contributed by atoms with van der Waals surface area (Å²) in [4.78, 5) is 24.5. The molecule has 0 fully saturated rings. The third kappa shape index (κ3) is 2.97. The molecule has 3 aromatic rings. The normalized spacial score (nSPS) is 10.8. The zero-order chi connectivity index (χ0) is 13.9.